The Kier molecular flexibility index (Phi) is 8.96. The number of carbonyl (C=O) groups excluding carboxylic acids is 4. The first-order valence-corrected chi connectivity index (χ1v) is 14.8. The van der Waals surface area contributed by atoms with Gasteiger partial charge in [-0.2, -0.15) is 0 Å². The van der Waals surface area contributed by atoms with Crippen LogP contribution < -0.4 is 10.6 Å². The summed E-state index contributed by atoms with van der Waals surface area (Å²) < 4.78 is 5.42. The molecule has 1 saturated carbocycles. The molecule has 0 spiro atoms. The second-order valence-electron chi connectivity index (χ2n) is 11.8. The van der Waals surface area contributed by atoms with Gasteiger partial charge in [-0.3, -0.25) is 14.4 Å². The standard InChI is InChI=1S/C29H41N3O5S/c1-28(2,3)37-27(36)31-22-13-8-6-4-5-7-11-20-17-29(20,26(35)30-19-21-12-10-16-38-21)18-24(33)23-14-9-15-32(23)25(22)34/h7,10-12,16,20,22-23H,4-6,8-9,13-15,17-19H2,1-3H3,(H,30,35)(H,31,36)/b11-7-/t20-,22+,23+,29-/m1/s1. The minimum absolute atomic E-state index is 0.0343. The lowest BCUT2D eigenvalue weighted by molar-refractivity contribution is -0.140. The predicted octanol–water partition coefficient (Wildman–Crippen LogP) is 4.73. The minimum atomic E-state index is -0.753. The number of hydrogen-bond donors (Lipinski definition) is 2. The summed E-state index contributed by atoms with van der Waals surface area (Å²) in [7, 11) is 0. The molecule has 2 aliphatic heterocycles. The number of carbonyl (C=O) groups is 4. The Bertz CT molecular complexity index is 1050. The largest absolute Gasteiger partial charge is 0.444 e. The van der Waals surface area contributed by atoms with Crippen LogP contribution in [0.2, 0.25) is 0 Å². The molecule has 0 unspecified atom stereocenters. The number of nitrogens with one attached hydrogen (secondary N) is 2. The van der Waals surface area contributed by atoms with Crippen LogP contribution in [0.4, 0.5) is 4.79 Å². The molecule has 4 rings (SSSR count). The van der Waals surface area contributed by atoms with Crippen LogP contribution in [0.25, 0.3) is 0 Å². The molecule has 3 aliphatic rings. The fourth-order valence-electron chi connectivity index (χ4n) is 5.64. The van der Waals surface area contributed by atoms with Gasteiger partial charge in [-0.05, 0) is 76.7 Å². The fraction of sp³-hybridized carbons (Fsp3) is 0.655. The first-order chi connectivity index (χ1) is 18.1. The molecular weight excluding hydrogens is 502 g/mol. The molecule has 2 N–H and O–H groups in total. The number of Topliss-reactive ketones (excluding diaryl/α,β-unsaturated/α-hetero) is 1. The van der Waals surface area contributed by atoms with E-state index in [1.807, 2.05) is 17.5 Å². The molecule has 3 amide bonds. The molecule has 0 radical (unpaired) electrons. The molecule has 38 heavy (non-hydrogen) atoms. The zero-order valence-corrected chi connectivity index (χ0v) is 23.6. The van der Waals surface area contributed by atoms with Gasteiger partial charge in [0.25, 0.3) is 0 Å². The second-order valence-corrected chi connectivity index (χ2v) is 12.9. The number of amides is 3. The molecule has 0 bridgehead atoms. The van der Waals surface area contributed by atoms with Gasteiger partial charge in [-0.15, -0.1) is 11.3 Å². The van der Waals surface area contributed by atoms with Crippen LogP contribution in [0.5, 0.6) is 0 Å². The number of fused-ring (bicyclic) bond motifs is 2. The van der Waals surface area contributed by atoms with Gasteiger partial charge in [0.15, 0.2) is 5.78 Å². The van der Waals surface area contributed by atoms with Crippen LogP contribution >= 0.6 is 11.3 Å². The van der Waals surface area contributed by atoms with Gasteiger partial charge in [0.05, 0.1) is 18.0 Å². The summed E-state index contributed by atoms with van der Waals surface area (Å²) in [5, 5.41) is 7.82. The summed E-state index contributed by atoms with van der Waals surface area (Å²) in [6, 6.07) is 2.63. The predicted molar refractivity (Wildman–Crippen MR) is 146 cm³/mol. The van der Waals surface area contributed by atoms with E-state index < -0.39 is 29.2 Å². The van der Waals surface area contributed by atoms with E-state index >= 15 is 0 Å². The van der Waals surface area contributed by atoms with Crippen molar-refractivity contribution in [1.29, 1.82) is 0 Å². The zero-order chi connectivity index (χ0) is 27.3. The normalized spacial score (nSPS) is 29.3. The molecule has 1 aliphatic carbocycles. The van der Waals surface area contributed by atoms with Gasteiger partial charge in [-0.1, -0.05) is 31.1 Å². The summed E-state index contributed by atoms with van der Waals surface area (Å²) in [4.78, 5) is 56.0. The quantitative estimate of drug-likeness (QED) is 0.534. The van der Waals surface area contributed by atoms with Crippen molar-refractivity contribution in [2.24, 2.45) is 11.3 Å². The lowest BCUT2D eigenvalue weighted by atomic mass is 9.91. The number of allylic oxidation sites excluding steroid dienone is 2. The summed E-state index contributed by atoms with van der Waals surface area (Å²) >= 11 is 1.59. The van der Waals surface area contributed by atoms with Crippen LogP contribution in [-0.2, 0) is 25.7 Å². The van der Waals surface area contributed by atoms with Gasteiger partial charge in [-0.25, -0.2) is 4.79 Å². The Balaban J connectivity index is 1.51. The highest BCUT2D eigenvalue weighted by molar-refractivity contribution is 7.09. The van der Waals surface area contributed by atoms with E-state index in [-0.39, 0.29) is 29.9 Å². The summed E-state index contributed by atoms with van der Waals surface area (Å²) in [5.41, 5.74) is -1.43. The third-order valence-corrected chi connectivity index (χ3v) is 8.58. The van der Waals surface area contributed by atoms with Crippen LogP contribution in [0, 0.1) is 11.3 Å². The topological polar surface area (TPSA) is 105 Å². The Morgan fingerprint density at radius 1 is 1.16 bits per heavy atom. The molecule has 3 heterocycles. The average Bonchev–Trinajstić information content (AvgIpc) is 3.22. The molecule has 2 fully saturated rings. The Morgan fingerprint density at radius 3 is 2.71 bits per heavy atom. The maximum Gasteiger partial charge on any atom is 0.408 e. The van der Waals surface area contributed by atoms with Crippen molar-refractivity contribution < 1.29 is 23.9 Å². The van der Waals surface area contributed by atoms with E-state index in [2.05, 4.69) is 22.8 Å². The third kappa shape index (κ3) is 7.04. The van der Waals surface area contributed by atoms with Crippen LogP contribution in [0.3, 0.4) is 0 Å². The lowest BCUT2D eigenvalue weighted by Crippen LogP contribution is -2.52. The summed E-state index contributed by atoms with van der Waals surface area (Å²) in [6.45, 7) is 6.28. The third-order valence-electron chi connectivity index (χ3n) is 7.71. The molecule has 0 aromatic carbocycles. The van der Waals surface area contributed by atoms with Crippen LogP contribution in [-0.4, -0.2) is 52.8 Å². The van der Waals surface area contributed by atoms with E-state index in [9.17, 15) is 19.2 Å². The van der Waals surface area contributed by atoms with Gasteiger partial charge in [0, 0.05) is 17.8 Å². The van der Waals surface area contributed by atoms with E-state index in [0.717, 1.165) is 37.0 Å². The number of ketones is 1. The Labute approximate surface area is 229 Å². The monoisotopic (exact) mass is 543 g/mol. The van der Waals surface area contributed by atoms with Gasteiger partial charge >= 0.3 is 6.09 Å². The number of hydrogen-bond acceptors (Lipinski definition) is 6. The minimum Gasteiger partial charge on any atom is -0.444 e. The number of alkyl carbamates (subject to hydrolysis) is 1. The summed E-state index contributed by atoms with van der Waals surface area (Å²) in [6.07, 6.45) is 9.73. The number of thiophene rings is 1. The van der Waals surface area contributed by atoms with Crippen molar-refractivity contribution in [3.05, 3.63) is 34.5 Å². The molecule has 208 valence electrons. The Morgan fingerprint density at radius 2 is 1.97 bits per heavy atom. The SMILES string of the molecule is CC(C)(C)OC(=O)N[C@H]1CCCCC/C=C\[C@@H]2C[C@@]2(C(=O)NCc2cccs2)CC(=O)[C@@H]2CCCN2C1=O. The van der Waals surface area contributed by atoms with Crippen molar-refractivity contribution in [2.75, 3.05) is 6.54 Å². The van der Waals surface area contributed by atoms with E-state index in [0.29, 0.717) is 32.4 Å². The maximum absolute atomic E-state index is 13.7. The molecular formula is C29H41N3O5S. The van der Waals surface area contributed by atoms with Crippen molar-refractivity contribution >= 4 is 35.0 Å². The fourth-order valence-corrected chi connectivity index (χ4v) is 6.28. The zero-order valence-electron chi connectivity index (χ0n) is 22.8. The van der Waals surface area contributed by atoms with Crippen molar-refractivity contribution in [3.8, 4) is 0 Å². The second kappa shape index (κ2) is 12.0. The Hall–Kier alpha value is -2.68. The highest BCUT2D eigenvalue weighted by Crippen LogP contribution is 2.57. The molecule has 1 saturated heterocycles. The van der Waals surface area contributed by atoms with Crippen LogP contribution in [0.15, 0.2) is 29.7 Å². The number of ether oxygens (including phenoxy) is 1. The lowest BCUT2D eigenvalue weighted by Gasteiger charge is -2.30. The van der Waals surface area contributed by atoms with Gasteiger partial charge in [0.2, 0.25) is 11.8 Å². The molecule has 9 heteroatoms. The maximum atomic E-state index is 13.7. The van der Waals surface area contributed by atoms with Crippen LogP contribution in [0.1, 0.15) is 83.4 Å². The van der Waals surface area contributed by atoms with Crippen molar-refractivity contribution in [3.63, 3.8) is 0 Å². The van der Waals surface area contributed by atoms with Gasteiger partial charge < -0.3 is 20.3 Å². The molecule has 8 nitrogen and oxygen atoms in total. The summed E-state index contributed by atoms with van der Waals surface area (Å²) in [5.74, 6) is -0.349. The smallest absolute Gasteiger partial charge is 0.408 e. The number of nitrogens with zero attached hydrogens (tertiary/aromatic N) is 1. The van der Waals surface area contributed by atoms with E-state index in [1.165, 1.54) is 0 Å². The molecule has 1 aromatic rings. The molecule has 1 aromatic heterocycles. The van der Waals surface area contributed by atoms with E-state index in [1.54, 1.807) is 37.0 Å². The van der Waals surface area contributed by atoms with E-state index in [4.69, 9.17) is 4.74 Å². The first kappa shape index (κ1) is 28.3. The van der Waals surface area contributed by atoms with Crippen molar-refractivity contribution in [1.82, 2.24) is 15.5 Å². The highest BCUT2D eigenvalue weighted by Gasteiger charge is 2.60. The first-order valence-electron chi connectivity index (χ1n) is 13.9. The van der Waals surface area contributed by atoms with Gasteiger partial charge in [0.1, 0.15) is 11.6 Å². The number of rotatable bonds is 4. The highest BCUT2D eigenvalue weighted by atomic mass is 32.1. The van der Waals surface area contributed by atoms with Crippen molar-refractivity contribution in [2.45, 2.75) is 103 Å². The average molecular weight is 544 g/mol. The molecule has 4 atom stereocenters.